The third-order valence-corrected chi connectivity index (χ3v) is 2.72. The molecule has 0 saturated heterocycles. The number of aliphatic hydroxyl groups excluding tert-OH is 1. The van der Waals surface area contributed by atoms with Gasteiger partial charge in [0.25, 0.3) is 0 Å². The van der Waals surface area contributed by atoms with Gasteiger partial charge in [-0.25, -0.2) is 0 Å². The van der Waals surface area contributed by atoms with Crippen molar-refractivity contribution < 1.29 is 9.90 Å². The summed E-state index contributed by atoms with van der Waals surface area (Å²) in [4.78, 5) is 11.6. The normalized spacial score (nSPS) is 19.9. The van der Waals surface area contributed by atoms with E-state index in [2.05, 4.69) is 5.32 Å². The summed E-state index contributed by atoms with van der Waals surface area (Å²) in [5.74, 6) is -0.0498. The minimum absolute atomic E-state index is 0.0785. The van der Waals surface area contributed by atoms with E-state index in [0.29, 0.717) is 12.8 Å². The number of amides is 1. The van der Waals surface area contributed by atoms with Crippen LogP contribution in [0.4, 0.5) is 0 Å². The first-order valence-electron chi connectivity index (χ1n) is 4.89. The molecule has 1 fully saturated rings. The number of aliphatic hydroxyl groups is 1. The predicted molar refractivity (Wildman–Crippen MR) is 51.1 cm³/mol. The molecule has 1 saturated carbocycles. The van der Waals surface area contributed by atoms with Crippen LogP contribution in [0.1, 0.15) is 26.7 Å². The SMILES string of the molecule is CC(C)C(CO)NC(=O)C1(C#N)CC1. The van der Waals surface area contributed by atoms with E-state index in [1.165, 1.54) is 0 Å². The van der Waals surface area contributed by atoms with Crippen LogP contribution < -0.4 is 5.32 Å². The second kappa shape index (κ2) is 3.97. The van der Waals surface area contributed by atoms with Crippen LogP contribution in [-0.2, 0) is 4.79 Å². The Morgan fingerprint density at radius 2 is 2.21 bits per heavy atom. The fourth-order valence-corrected chi connectivity index (χ4v) is 1.24. The molecule has 1 amide bonds. The summed E-state index contributed by atoms with van der Waals surface area (Å²) in [5.41, 5.74) is -0.789. The topological polar surface area (TPSA) is 73.1 Å². The largest absolute Gasteiger partial charge is 0.394 e. The molecule has 0 heterocycles. The van der Waals surface area contributed by atoms with Crippen LogP contribution in [0.2, 0.25) is 0 Å². The lowest BCUT2D eigenvalue weighted by Crippen LogP contribution is -2.44. The van der Waals surface area contributed by atoms with Gasteiger partial charge in [-0.3, -0.25) is 4.79 Å². The van der Waals surface area contributed by atoms with Gasteiger partial charge in [0, 0.05) is 0 Å². The van der Waals surface area contributed by atoms with Gasteiger partial charge in [0.2, 0.25) is 5.91 Å². The summed E-state index contributed by atoms with van der Waals surface area (Å²) < 4.78 is 0. The number of nitrogens with one attached hydrogen (secondary N) is 1. The Hall–Kier alpha value is -1.08. The summed E-state index contributed by atoms with van der Waals surface area (Å²) in [7, 11) is 0. The maximum atomic E-state index is 11.6. The fraction of sp³-hybridized carbons (Fsp3) is 0.800. The maximum absolute atomic E-state index is 11.6. The summed E-state index contributed by atoms with van der Waals surface area (Å²) in [6.45, 7) is 3.77. The molecule has 1 rings (SSSR count). The minimum Gasteiger partial charge on any atom is -0.394 e. The van der Waals surface area contributed by atoms with E-state index in [1.54, 1.807) is 0 Å². The second-order valence-corrected chi connectivity index (χ2v) is 4.20. The van der Waals surface area contributed by atoms with Crippen LogP contribution in [0.15, 0.2) is 0 Å². The van der Waals surface area contributed by atoms with E-state index < -0.39 is 5.41 Å². The molecule has 4 heteroatoms. The van der Waals surface area contributed by atoms with Crippen LogP contribution in [0.25, 0.3) is 0 Å². The number of carbonyl (C=O) groups excluding carboxylic acids is 1. The lowest BCUT2D eigenvalue weighted by molar-refractivity contribution is -0.125. The van der Waals surface area contributed by atoms with E-state index in [9.17, 15) is 4.79 Å². The van der Waals surface area contributed by atoms with Crippen molar-refractivity contribution in [1.29, 1.82) is 5.26 Å². The maximum Gasteiger partial charge on any atom is 0.240 e. The smallest absolute Gasteiger partial charge is 0.240 e. The van der Waals surface area contributed by atoms with Gasteiger partial charge in [0.15, 0.2) is 0 Å². The Kier molecular flexibility index (Phi) is 3.12. The first kappa shape index (κ1) is 11.0. The van der Waals surface area contributed by atoms with Gasteiger partial charge in [-0.15, -0.1) is 0 Å². The Labute approximate surface area is 83.9 Å². The summed E-state index contributed by atoms with van der Waals surface area (Å²) in [6.07, 6.45) is 1.29. The summed E-state index contributed by atoms with van der Waals surface area (Å²) in [5, 5.41) is 20.5. The van der Waals surface area contributed by atoms with Crippen molar-refractivity contribution in [2.75, 3.05) is 6.61 Å². The molecule has 2 N–H and O–H groups in total. The second-order valence-electron chi connectivity index (χ2n) is 4.20. The molecule has 1 unspecified atom stereocenters. The average molecular weight is 196 g/mol. The fourth-order valence-electron chi connectivity index (χ4n) is 1.24. The highest BCUT2D eigenvalue weighted by atomic mass is 16.3. The number of nitrogens with zero attached hydrogens (tertiary/aromatic N) is 1. The lowest BCUT2D eigenvalue weighted by atomic mass is 10.0. The van der Waals surface area contributed by atoms with Crippen LogP contribution in [0, 0.1) is 22.7 Å². The molecule has 1 atom stereocenters. The third-order valence-electron chi connectivity index (χ3n) is 2.72. The van der Waals surface area contributed by atoms with Gasteiger partial charge < -0.3 is 10.4 Å². The van der Waals surface area contributed by atoms with Crippen molar-refractivity contribution in [3.05, 3.63) is 0 Å². The Morgan fingerprint density at radius 1 is 1.64 bits per heavy atom. The lowest BCUT2D eigenvalue weighted by Gasteiger charge is -2.21. The molecule has 78 valence electrons. The van der Waals surface area contributed by atoms with E-state index in [1.807, 2.05) is 19.9 Å². The highest BCUT2D eigenvalue weighted by Gasteiger charge is 2.51. The molecule has 4 nitrogen and oxygen atoms in total. The molecule has 0 radical (unpaired) electrons. The quantitative estimate of drug-likeness (QED) is 0.684. The zero-order valence-electron chi connectivity index (χ0n) is 8.58. The third kappa shape index (κ3) is 2.05. The molecule has 0 aliphatic heterocycles. The van der Waals surface area contributed by atoms with Gasteiger partial charge >= 0.3 is 0 Å². The van der Waals surface area contributed by atoms with Crippen molar-refractivity contribution in [3.63, 3.8) is 0 Å². The molecule has 0 bridgehead atoms. The van der Waals surface area contributed by atoms with Crippen molar-refractivity contribution in [2.24, 2.45) is 11.3 Å². The van der Waals surface area contributed by atoms with Gasteiger partial charge in [-0.05, 0) is 18.8 Å². The van der Waals surface area contributed by atoms with Gasteiger partial charge in [0.05, 0.1) is 18.7 Å². The first-order chi connectivity index (χ1) is 6.55. The number of rotatable bonds is 4. The number of hydrogen-bond acceptors (Lipinski definition) is 3. The monoisotopic (exact) mass is 196 g/mol. The molecule has 14 heavy (non-hydrogen) atoms. The number of carbonyl (C=O) groups is 1. The summed E-state index contributed by atoms with van der Waals surface area (Å²) >= 11 is 0. The predicted octanol–water partition coefficient (Wildman–Crippen LogP) is 0.423. The standard InChI is InChI=1S/C10H16N2O2/c1-7(2)8(5-13)12-9(14)10(6-11)3-4-10/h7-8,13H,3-5H2,1-2H3,(H,12,14). The van der Waals surface area contributed by atoms with Crippen LogP contribution >= 0.6 is 0 Å². The van der Waals surface area contributed by atoms with Gasteiger partial charge in [-0.1, -0.05) is 13.8 Å². The number of nitriles is 1. The molecule has 0 aromatic carbocycles. The molecular weight excluding hydrogens is 180 g/mol. The number of hydrogen-bond donors (Lipinski definition) is 2. The zero-order chi connectivity index (χ0) is 10.8. The van der Waals surface area contributed by atoms with Crippen LogP contribution in [-0.4, -0.2) is 23.7 Å². The highest BCUT2D eigenvalue weighted by molar-refractivity contribution is 5.88. The van der Waals surface area contributed by atoms with Crippen molar-refractivity contribution >= 4 is 5.91 Å². The first-order valence-corrected chi connectivity index (χ1v) is 4.89. The Bertz CT molecular complexity index is 264. The Balaban J connectivity index is 2.52. The molecule has 1 aliphatic carbocycles. The van der Waals surface area contributed by atoms with E-state index in [0.717, 1.165) is 0 Å². The minimum atomic E-state index is -0.789. The van der Waals surface area contributed by atoms with E-state index in [-0.39, 0.29) is 24.5 Å². The van der Waals surface area contributed by atoms with Crippen molar-refractivity contribution in [3.8, 4) is 6.07 Å². The Morgan fingerprint density at radius 3 is 2.50 bits per heavy atom. The summed E-state index contributed by atoms with van der Waals surface area (Å²) in [6, 6.07) is 1.78. The molecule has 0 aromatic heterocycles. The molecule has 0 spiro atoms. The van der Waals surface area contributed by atoms with E-state index in [4.69, 9.17) is 10.4 Å². The molecule has 1 aliphatic rings. The molecular formula is C10H16N2O2. The van der Waals surface area contributed by atoms with Crippen LogP contribution in [0.3, 0.4) is 0 Å². The van der Waals surface area contributed by atoms with Gasteiger partial charge in [0.1, 0.15) is 5.41 Å². The highest BCUT2D eigenvalue weighted by Crippen LogP contribution is 2.45. The zero-order valence-corrected chi connectivity index (χ0v) is 8.58. The van der Waals surface area contributed by atoms with Crippen molar-refractivity contribution in [2.45, 2.75) is 32.7 Å². The van der Waals surface area contributed by atoms with Crippen LogP contribution in [0.5, 0.6) is 0 Å². The van der Waals surface area contributed by atoms with E-state index >= 15 is 0 Å². The van der Waals surface area contributed by atoms with Crippen molar-refractivity contribution in [1.82, 2.24) is 5.32 Å². The molecule has 0 aromatic rings. The van der Waals surface area contributed by atoms with Gasteiger partial charge in [-0.2, -0.15) is 5.26 Å². The average Bonchev–Trinajstić information content (AvgIpc) is 2.93.